The number of hydrogen-bond donors (Lipinski definition) is 0. The second kappa shape index (κ2) is 9.67. The van der Waals surface area contributed by atoms with Crippen molar-refractivity contribution in [2.24, 2.45) is 0 Å². The maximum Gasteiger partial charge on any atom is 0.137 e. The third-order valence-corrected chi connectivity index (χ3v) is 8.01. The van der Waals surface area contributed by atoms with E-state index >= 15 is 0 Å². The molecule has 206 valence electrons. The van der Waals surface area contributed by atoms with Crippen LogP contribution >= 0.6 is 0 Å². The number of anilines is 3. The van der Waals surface area contributed by atoms with E-state index in [1.807, 2.05) is 42.6 Å². The molecule has 2 aromatic heterocycles. The summed E-state index contributed by atoms with van der Waals surface area (Å²) in [6.45, 7) is 7.38. The van der Waals surface area contributed by atoms with E-state index in [4.69, 9.17) is 9.72 Å². The first kappa shape index (κ1) is 25.7. The van der Waals surface area contributed by atoms with Crippen LogP contribution in [0.1, 0.15) is 31.9 Å². The Morgan fingerprint density at radius 3 is 2.31 bits per heavy atom. The number of nitrogens with zero attached hydrogens (tertiary/aromatic N) is 5. The first-order chi connectivity index (χ1) is 20.3. The number of ether oxygens (including phenoxy) is 1. The number of aromatic nitrogens is 2. The van der Waals surface area contributed by atoms with Crippen LogP contribution in [-0.2, 0) is 5.41 Å². The van der Waals surface area contributed by atoms with E-state index < -0.39 is 0 Å². The molecule has 6 heteroatoms. The summed E-state index contributed by atoms with van der Waals surface area (Å²) in [5, 5.41) is 11.8. The lowest BCUT2D eigenvalue weighted by molar-refractivity contribution is 0.483. The minimum atomic E-state index is -0.0295. The molecule has 1 aliphatic rings. The first-order valence-corrected chi connectivity index (χ1v) is 14.1. The Labute approximate surface area is 245 Å². The summed E-state index contributed by atoms with van der Waals surface area (Å²) in [4.78, 5) is 9.32. The van der Waals surface area contributed by atoms with E-state index in [9.17, 15) is 5.26 Å². The van der Waals surface area contributed by atoms with Crippen LogP contribution in [0.4, 0.5) is 17.1 Å². The molecule has 42 heavy (non-hydrogen) atoms. The quantitative estimate of drug-likeness (QED) is 0.220. The van der Waals surface area contributed by atoms with Gasteiger partial charge in [-0.3, -0.25) is 4.57 Å². The Kier molecular flexibility index (Phi) is 5.91. The molecule has 7 rings (SSSR count). The second-order valence-corrected chi connectivity index (χ2v) is 11.9. The molecule has 0 atom stereocenters. The molecule has 0 fully saturated rings. The number of pyridine rings is 1. The van der Waals surface area contributed by atoms with Crippen LogP contribution in [0.2, 0.25) is 0 Å². The third kappa shape index (κ3) is 4.31. The highest BCUT2D eigenvalue weighted by atomic mass is 16.5. The summed E-state index contributed by atoms with van der Waals surface area (Å²) < 4.78 is 8.62. The first-order valence-electron chi connectivity index (χ1n) is 14.1. The van der Waals surface area contributed by atoms with Crippen molar-refractivity contribution in [2.75, 3.05) is 23.5 Å². The van der Waals surface area contributed by atoms with E-state index in [1.165, 1.54) is 16.9 Å². The zero-order chi connectivity index (χ0) is 29.0. The fourth-order valence-corrected chi connectivity index (χ4v) is 5.84. The van der Waals surface area contributed by atoms with Crippen LogP contribution in [0.25, 0.3) is 27.6 Å². The average molecular weight is 550 g/mol. The predicted molar refractivity (Wildman–Crippen MR) is 170 cm³/mol. The van der Waals surface area contributed by atoms with E-state index in [-0.39, 0.29) is 5.41 Å². The van der Waals surface area contributed by atoms with Gasteiger partial charge in [-0.25, -0.2) is 4.98 Å². The third-order valence-electron chi connectivity index (χ3n) is 8.01. The van der Waals surface area contributed by atoms with E-state index in [2.05, 4.69) is 109 Å². The van der Waals surface area contributed by atoms with Crippen molar-refractivity contribution in [2.45, 2.75) is 26.2 Å². The molecule has 0 aliphatic carbocycles. The topological polar surface area (TPSA) is 57.3 Å². The zero-order valence-electron chi connectivity index (χ0n) is 24.2. The molecular weight excluding hydrogens is 518 g/mol. The van der Waals surface area contributed by atoms with Crippen molar-refractivity contribution in [3.8, 4) is 23.4 Å². The number of fused-ring (bicyclic) bond motifs is 4. The smallest absolute Gasteiger partial charge is 0.137 e. The summed E-state index contributed by atoms with van der Waals surface area (Å²) in [5.74, 6) is 2.31. The largest absolute Gasteiger partial charge is 0.457 e. The van der Waals surface area contributed by atoms with Gasteiger partial charge in [0.15, 0.2) is 0 Å². The molecule has 3 heterocycles. The predicted octanol–water partition coefficient (Wildman–Crippen LogP) is 8.69. The van der Waals surface area contributed by atoms with Gasteiger partial charge in [-0.05, 0) is 71.6 Å². The minimum absolute atomic E-state index is 0.0295. The lowest BCUT2D eigenvalue weighted by atomic mass is 9.88. The van der Waals surface area contributed by atoms with Crippen molar-refractivity contribution < 1.29 is 4.74 Å². The number of rotatable bonds is 4. The lowest BCUT2D eigenvalue weighted by Gasteiger charge is -2.20. The molecule has 0 saturated heterocycles. The van der Waals surface area contributed by atoms with Gasteiger partial charge in [-0.15, -0.1) is 0 Å². The molecule has 0 saturated carbocycles. The normalized spacial score (nSPS) is 13.0. The summed E-state index contributed by atoms with van der Waals surface area (Å²) in [5.41, 5.74) is 7.17. The number of hydrogen-bond acceptors (Lipinski definition) is 5. The summed E-state index contributed by atoms with van der Waals surface area (Å²) in [6.07, 6.45) is 1.86. The summed E-state index contributed by atoms with van der Waals surface area (Å²) >= 11 is 0. The van der Waals surface area contributed by atoms with Gasteiger partial charge in [0.2, 0.25) is 0 Å². The molecule has 0 spiro atoms. The van der Waals surface area contributed by atoms with E-state index in [0.717, 1.165) is 51.5 Å². The molecular formula is C36H31N5O. The second-order valence-electron chi connectivity index (χ2n) is 11.9. The Morgan fingerprint density at radius 1 is 0.786 bits per heavy atom. The van der Waals surface area contributed by atoms with Crippen molar-refractivity contribution in [3.05, 3.63) is 114 Å². The van der Waals surface area contributed by atoms with Gasteiger partial charge in [0.25, 0.3) is 0 Å². The van der Waals surface area contributed by atoms with Crippen molar-refractivity contribution >= 4 is 38.9 Å². The van der Waals surface area contributed by atoms with Gasteiger partial charge < -0.3 is 14.5 Å². The number of nitriles is 1. The van der Waals surface area contributed by atoms with Gasteiger partial charge >= 0.3 is 0 Å². The van der Waals surface area contributed by atoms with Gasteiger partial charge in [-0.1, -0.05) is 45.0 Å². The molecule has 1 aliphatic heterocycles. The van der Waals surface area contributed by atoms with Gasteiger partial charge in [-0.2, -0.15) is 5.26 Å². The molecule has 0 bridgehead atoms. The monoisotopic (exact) mass is 549 g/mol. The highest BCUT2D eigenvalue weighted by Crippen LogP contribution is 2.41. The van der Waals surface area contributed by atoms with Gasteiger partial charge in [0, 0.05) is 41.8 Å². The fraction of sp³-hybridized carbons (Fsp3) is 0.167. The molecule has 6 aromatic rings. The molecule has 0 radical (unpaired) electrons. The van der Waals surface area contributed by atoms with E-state index in [1.54, 1.807) is 0 Å². The van der Waals surface area contributed by atoms with Crippen molar-refractivity contribution in [3.63, 3.8) is 0 Å². The van der Waals surface area contributed by atoms with Crippen LogP contribution in [0.15, 0.2) is 103 Å². The lowest BCUT2D eigenvalue weighted by Crippen LogP contribution is -2.23. The molecule has 0 unspecified atom stereocenters. The number of benzene rings is 4. The van der Waals surface area contributed by atoms with Gasteiger partial charge in [0.1, 0.15) is 17.3 Å². The minimum Gasteiger partial charge on any atom is -0.457 e. The SMILES string of the molecule is CN1CN(c2cccc(Oc3ccc4c5ccc(C#N)cc5n(-c5cc(C(C)(C)C)ccn5)c4c3)c2)c2ccccc21. The Bertz CT molecular complexity index is 2030. The highest BCUT2D eigenvalue weighted by molar-refractivity contribution is 6.09. The van der Waals surface area contributed by atoms with Crippen molar-refractivity contribution in [1.82, 2.24) is 9.55 Å². The maximum atomic E-state index is 9.66. The Balaban J connectivity index is 1.32. The van der Waals surface area contributed by atoms with Crippen molar-refractivity contribution in [1.29, 1.82) is 5.26 Å². The molecule has 4 aromatic carbocycles. The fourth-order valence-electron chi connectivity index (χ4n) is 5.84. The highest BCUT2D eigenvalue weighted by Gasteiger charge is 2.24. The molecule has 6 nitrogen and oxygen atoms in total. The van der Waals surface area contributed by atoms with Gasteiger partial charge in [0.05, 0.1) is 40.7 Å². The summed E-state index contributed by atoms with van der Waals surface area (Å²) in [7, 11) is 2.11. The molecule has 0 amide bonds. The molecule has 0 N–H and O–H groups in total. The standard InChI is InChI=1S/C36H31N5O/c1-36(2,3)25-16-17-38-35(19-25)41-33-18-24(22-37)12-14-29(33)30-15-13-28(21-34(30)41)42-27-9-7-8-26(20-27)40-23-39(4)31-10-5-6-11-32(31)40/h5-21H,23H2,1-4H3. The van der Waals surface area contributed by atoms with Crippen LogP contribution in [0, 0.1) is 11.3 Å². The van der Waals surface area contributed by atoms with Crippen LogP contribution in [0.3, 0.4) is 0 Å². The Hall–Kier alpha value is -5.28. The van der Waals surface area contributed by atoms with Crippen LogP contribution in [0.5, 0.6) is 11.5 Å². The van der Waals surface area contributed by atoms with Crippen LogP contribution in [-0.4, -0.2) is 23.3 Å². The maximum absolute atomic E-state index is 9.66. The van der Waals surface area contributed by atoms with E-state index in [0.29, 0.717) is 5.56 Å². The number of para-hydroxylation sites is 2. The Morgan fingerprint density at radius 2 is 1.52 bits per heavy atom. The summed E-state index contributed by atoms with van der Waals surface area (Å²) in [6, 6.07) is 35.2. The zero-order valence-corrected chi connectivity index (χ0v) is 24.2. The van der Waals surface area contributed by atoms with Crippen LogP contribution < -0.4 is 14.5 Å². The average Bonchev–Trinajstić information content (AvgIpc) is 3.51.